The molecule has 30 heavy (non-hydrogen) atoms. The van der Waals surface area contributed by atoms with Crippen LogP contribution in [0.25, 0.3) is 0 Å². The summed E-state index contributed by atoms with van der Waals surface area (Å²) < 4.78 is 5.40. The van der Waals surface area contributed by atoms with Crippen LogP contribution >= 0.6 is 11.3 Å². The third-order valence-corrected chi connectivity index (χ3v) is 6.97. The number of nitrogens with one attached hydrogen (secondary N) is 1. The van der Waals surface area contributed by atoms with Gasteiger partial charge >= 0.3 is 6.09 Å². The summed E-state index contributed by atoms with van der Waals surface area (Å²) in [5.41, 5.74) is 1.12. The molecule has 0 bridgehead atoms. The lowest BCUT2D eigenvalue weighted by Crippen LogP contribution is -2.39. The minimum Gasteiger partial charge on any atom is -0.445 e. The summed E-state index contributed by atoms with van der Waals surface area (Å²) in [5.74, 6) is 0. The SMILES string of the molecule is CCCC(NC(=O)OCC1=CC=CCC1)C(O)c1ccc(CN2CCCCCC2)s1. The number of hydrogen-bond acceptors (Lipinski definition) is 5. The average Bonchev–Trinajstić information content (AvgIpc) is 3.07. The normalized spacial score (nSPS) is 19.6. The molecule has 5 nitrogen and oxygen atoms in total. The fourth-order valence-corrected chi connectivity index (χ4v) is 5.20. The number of likely N-dealkylation sites (tertiary alicyclic amines) is 1. The van der Waals surface area contributed by atoms with Crippen LogP contribution in [-0.4, -0.2) is 41.8 Å². The summed E-state index contributed by atoms with van der Waals surface area (Å²) in [6.45, 7) is 5.64. The summed E-state index contributed by atoms with van der Waals surface area (Å²) >= 11 is 1.66. The van der Waals surface area contributed by atoms with Crippen molar-refractivity contribution in [2.75, 3.05) is 19.7 Å². The topological polar surface area (TPSA) is 61.8 Å². The van der Waals surface area contributed by atoms with Crippen molar-refractivity contribution < 1.29 is 14.6 Å². The highest BCUT2D eigenvalue weighted by molar-refractivity contribution is 7.12. The number of carbonyl (C=O) groups excluding carboxylic acids is 1. The molecule has 2 unspecified atom stereocenters. The molecule has 1 saturated heterocycles. The Hall–Kier alpha value is -1.63. The van der Waals surface area contributed by atoms with Gasteiger partial charge in [-0.3, -0.25) is 4.90 Å². The Bertz CT molecular complexity index is 720. The van der Waals surface area contributed by atoms with E-state index >= 15 is 0 Å². The third kappa shape index (κ3) is 7.25. The van der Waals surface area contributed by atoms with E-state index < -0.39 is 12.2 Å². The fraction of sp³-hybridized carbons (Fsp3) is 0.625. The second-order valence-corrected chi connectivity index (χ2v) is 9.55. The molecule has 166 valence electrons. The Balaban J connectivity index is 1.53. The Morgan fingerprint density at radius 2 is 2.07 bits per heavy atom. The monoisotopic (exact) mass is 432 g/mol. The molecule has 6 heteroatoms. The van der Waals surface area contributed by atoms with Crippen molar-refractivity contribution in [3.05, 3.63) is 45.7 Å². The van der Waals surface area contributed by atoms with E-state index in [2.05, 4.69) is 29.3 Å². The molecular formula is C24H36N2O3S. The van der Waals surface area contributed by atoms with Gasteiger partial charge in [-0.2, -0.15) is 0 Å². The number of thiophene rings is 1. The summed E-state index contributed by atoms with van der Waals surface area (Å²) in [6, 6.07) is 3.79. The average molecular weight is 433 g/mol. The molecule has 2 heterocycles. The number of aliphatic hydroxyl groups excluding tert-OH is 1. The molecule has 2 aliphatic rings. The number of nitrogens with zero attached hydrogens (tertiary/aromatic N) is 1. The molecule has 3 rings (SSSR count). The van der Waals surface area contributed by atoms with Crippen LogP contribution in [0.1, 0.15) is 74.1 Å². The molecule has 0 spiro atoms. The molecule has 1 amide bonds. The lowest BCUT2D eigenvalue weighted by Gasteiger charge is -2.23. The highest BCUT2D eigenvalue weighted by atomic mass is 32.1. The van der Waals surface area contributed by atoms with Gasteiger partial charge in [-0.1, -0.05) is 44.4 Å². The van der Waals surface area contributed by atoms with Crippen molar-refractivity contribution in [2.45, 2.75) is 77.0 Å². The number of ether oxygens (including phenoxy) is 1. The van der Waals surface area contributed by atoms with E-state index in [0.717, 1.165) is 49.3 Å². The molecule has 0 aromatic carbocycles. The van der Waals surface area contributed by atoms with Crippen molar-refractivity contribution in [3.63, 3.8) is 0 Å². The molecule has 1 aliphatic carbocycles. The minimum atomic E-state index is -0.711. The van der Waals surface area contributed by atoms with Crippen LogP contribution < -0.4 is 5.32 Å². The maximum atomic E-state index is 12.3. The van der Waals surface area contributed by atoms with E-state index in [1.165, 1.54) is 30.6 Å². The van der Waals surface area contributed by atoms with Gasteiger partial charge in [-0.15, -0.1) is 11.3 Å². The molecule has 1 aliphatic heterocycles. The smallest absolute Gasteiger partial charge is 0.407 e. The zero-order valence-corrected chi connectivity index (χ0v) is 19.0. The van der Waals surface area contributed by atoms with Gasteiger partial charge in [0.2, 0.25) is 0 Å². The molecular weight excluding hydrogens is 396 g/mol. The van der Waals surface area contributed by atoms with Crippen LogP contribution in [0.5, 0.6) is 0 Å². The number of aliphatic hydroxyl groups is 1. The van der Waals surface area contributed by atoms with Crippen molar-refractivity contribution in [3.8, 4) is 0 Å². The van der Waals surface area contributed by atoms with Gasteiger partial charge in [0.15, 0.2) is 0 Å². The maximum absolute atomic E-state index is 12.3. The second-order valence-electron chi connectivity index (χ2n) is 8.35. The number of rotatable bonds is 9. The molecule has 0 saturated carbocycles. The lowest BCUT2D eigenvalue weighted by atomic mass is 10.0. The highest BCUT2D eigenvalue weighted by Gasteiger charge is 2.24. The standard InChI is InChI=1S/C24H36N2O3S/c1-2-10-21(25-24(28)29-18-19-11-6-5-7-12-19)23(27)22-14-13-20(30-22)17-26-15-8-3-4-9-16-26/h5-6,11,13-14,21,23,27H,2-4,7-10,12,15-18H2,1H3,(H,25,28). The van der Waals surface area contributed by atoms with Gasteiger partial charge in [0.1, 0.15) is 12.7 Å². The quantitative estimate of drug-likeness (QED) is 0.554. The zero-order valence-electron chi connectivity index (χ0n) is 18.1. The van der Waals surface area contributed by atoms with Crippen LogP contribution in [0.2, 0.25) is 0 Å². The van der Waals surface area contributed by atoms with Crippen molar-refractivity contribution in [1.29, 1.82) is 0 Å². The van der Waals surface area contributed by atoms with E-state index in [1.807, 2.05) is 18.2 Å². The maximum Gasteiger partial charge on any atom is 0.407 e. The number of alkyl carbamates (subject to hydrolysis) is 1. The Kier molecular flexibility index (Phi) is 9.43. The first-order chi connectivity index (χ1) is 14.7. The second kappa shape index (κ2) is 12.3. The molecule has 2 atom stereocenters. The van der Waals surface area contributed by atoms with Gasteiger partial charge < -0.3 is 15.2 Å². The molecule has 1 aromatic heterocycles. The number of carbonyl (C=O) groups is 1. The van der Waals surface area contributed by atoms with Crippen molar-refractivity contribution in [1.82, 2.24) is 10.2 Å². The molecule has 1 aromatic rings. The van der Waals surface area contributed by atoms with Crippen LogP contribution in [0.15, 0.2) is 35.9 Å². The summed E-state index contributed by atoms with van der Waals surface area (Å²) in [5, 5.41) is 13.8. The predicted octanol–water partition coefficient (Wildman–Crippen LogP) is 5.33. The molecule has 1 fully saturated rings. The third-order valence-electron chi connectivity index (χ3n) is 5.82. The van der Waals surface area contributed by atoms with Crippen molar-refractivity contribution in [2.24, 2.45) is 0 Å². The summed E-state index contributed by atoms with van der Waals surface area (Å²) in [7, 11) is 0. The largest absolute Gasteiger partial charge is 0.445 e. The van der Waals surface area contributed by atoms with Gasteiger partial charge in [0, 0.05) is 16.3 Å². The van der Waals surface area contributed by atoms with Gasteiger partial charge in [-0.25, -0.2) is 4.79 Å². The molecule has 0 radical (unpaired) electrons. The fourth-order valence-electron chi connectivity index (χ4n) is 4.10. The number of hydrogen-bond donors (Lipinski definition) is 2. The van der Waals surface area contributed by atoms with Crippen LogP contribution in [0.4, 0.5) is 4.79 Å². The van der Waals surface area contributed by atoms with Crippen molar-refractivity contribution >= 4 is 17.4 Å². The molecule has 2 N–H and O–H groups in total. The number of allylic oxidation sites excluding steroid dienone is 3. The minimum absolute atomic E-state index is 0.310. The first-order valence-corrected chi connectivity index (χ1v) is 12.2. The van der Waals surface area contributed by atoms with Crippen LogP contribution in [-0.2, 0) is 11.3 Å². The van der Waals surface area contributed by atoms with Crippen LogP contribution in [0, 0.1) is 0 Å². The van der Waals surface area contributed by atoms with Gasteiger partial charge in [-0.05, 0) is 62.9 Å². The van der Waals surface area contributed by atoms with Gasteiger partial charge in [0.25, 0.3) is 0 Å². The van der Waals surface area contributed by atoms with E-state index in [4.69, 9.17) is 4.74 Å². The van der Waals surface area contributed by atoms with E-state index in [0.29, 0.717) is 13.0 Å². The Morgan fingerprint density at radius 3 is 2.77 bits per heavy atom. The summed E-state index contributed by atoms with van der Waals surface area (Å²) in [4.78, 5) is 17.0. The summed E-state index contributed by atoms with van der Waals surface area (Å²) in [6.07, 6.45) is 13.7. The van der Waals surface area contributed by atoms with E-state index in [-0.39, 0.29) is 6.04 Å². The predicted molar refractivity (Wildman–Crippen MR) is 123 cm³/mol. The van der Waals surface area contributed by atoms with Gasteiger partial charge in [0.05, 0.1) is 6.04 Å². The number of amides is 1. The first-order valence-electron chi connectivity index (χ1n) is 11.4. The zero-order chi connectivity index (χ0) is 21.2. The van der Waals surface area contributed by atoms with E-state index in [9.17, 15) is 9.90 Å². The Labute approximate surface area is 184 Å². The Morgan fingerprint density at radius 1 is 1.27 bits per heavy atom. The highest BCUT2D eigenvalue weighted by Crippen LogP contribution is 2.29. The van der Waals surface area contributed by atoms with E-state index in [1.54, 1.807) is 11.3 Å². The first kappa shape index (κ1) is 23.0. The lowest BCUT2D eigenvalue weighted by molar-refractivity contribution is 0.107. The van der Waals surface area contributed by atoms with Crippen LogP contribution in [0.3, 0.4) is 0 Å².